The fourth-order valence-electron chi connectivity index (χ4n) is 2.84. The summed E-state index contributed by atoms with van der Waals surface area (Å²) in [6, 6.07) is 20.5. The molecule has 0 radical (unpaired) electrons. The molecule has 0 unspecified atom stereocenters. The van der Waals surface area contributed by atoms with Crippen LogP contribution in [0.5, 0.6) is 5.75 Å². The molecular weight excluding hydrogens is 420 g/mol. The van der Waals surface area contributed by atoms with Crippen molar-refractivity contribution in [2.45, 2.75) is 20.0 Å². The zero-order valence-electron chi connectivity index (χ0n) is 16.2. The summed E-state index contributed by atoms with van der Waals surface area (Å²) >= 11 is 7.40. The Bertz CT molecular complexity index is 1140. The van der Waals surface area contributed by atoms with Crippen LogP contribution >= 0.6 is 22.9 Å². The van der Waals surface area contributed by atoms with Crippen LogP contribution in [0.4, 0.5) is 5.13 Å². The number of halogens is 1. The summed E-state index contributed by atoms with van der Waals surface area (Å²) in [6.45, 7) is 2.18. The van der Waals surface area contributed by atoms with E-state index in [1.165, 1.54) is 11.3 Å². The molecule has 2 aromatic carbocycles. The van der Waals surface area contributed by atoms with Gasteiger partial charge in [0.15, 0.2) is 10.9 Å². The van der Waals surface area contributed by atoms with Gasteiger partial charge in [-0.2, -0.15) is 0 Å². The van der Waals surface area contributed by atoms with Gasteiger partial charge in [0.25, 0.3) is 5.91 Å². The van der Waals surface area contributed by atoms with Crippen LogP contribution in [-0.2, 0) is 13.0 Å². The minimum atomic E-state index is -0.340. The van der Waals surface area contributed by atoms with Gasteiger partial charge >= 0.3 is 0 Å². The van der Waals surface area contributed by atoms with Gasteiger partial charge in [0.05, 0.1) is 5.69 Å². The standard InChI is InChI=1S/C23H19ClN2O3S/c1-15-21(13-16-7-9-17(24)10-8-16)30-23(25-15)26-22(27)20-12-11-19(29-20)14-28-18-5-3-2-4-6-18/h2-12H,13-14H2,1H3,(H,25,26,27). The third-order valence-electron chi connectivity index (χ3n) is 4.40. The first kappa shape index (κ1) is 20.2. The van der Waals surface area contributed by atoms with Gasteiger partial charge < -0.3 is 9.15 Å². The van der Waals surface area contributed by atoms with E-state index in [0.717, 1.165) is 28.3 Å². The number of carbonyl (C=O) groups excluding carboxylic acids is 1. The third kappa shape index (κ3) is 5.09. The lowest BCUT2D eigenvalue weighted by Crippen LogP contribution is -2.10. The van der Waals surface area contributed by atoms with E-state index in [1.54, 1.807) is 12.1 Å². The Morgan fingerprint density at radius 2 is 1.87 bits per heavy atom. The molecule has 7 heteroatoms. The van der Waals surface area contributed by atoms with Gasteiger partial charge in [-0.05, 0) is 48.9 Å². The number of ether oxygens (including phenoxy) is 1. The Kier molecular flexibility index (Phi) is 6.16. The van der Waals surface area contributed by atoms with Crippen LogP contribution in [0.25, 0.3) is 0 Å². The van der Waals surface area contributed by atoms with Crippen LogP contribution in [-0.4, -0.2) is 10.9 Å². The number of para-hydroxylation sites is 1. The van der Waals surface area contributed by atoms with Crippen molar-refractivity contribution in [1.29, 1.82) is 0 Å². The Labute approximate surface area is 183 Å². The number of hydrogen-bond acceptors (Lipinski definition) is 5. The maximum atomic E-state index is 12.5. The highest BCUT2D eigenvalue weighted by Gasteiger charge is 2.15. The number of aryl methyl sites for hydroxylation is 1. The quantitative estimate of drug-likeness (QED) is 0.377. The second-order valence-electron chi connectivity index (χ2n) is 6.65. The molecule has 152 valence electrons. The number of furan rings is 1. The molecule has 0 bridgehead atoms. The van der Waals surface area contributed by atoms with Crippen LogP contribution in [0.1, 0.15) is 32.4 Å². The molecule has 0 aliphatic rings. The number of benzene rings is 2. The smallest absolute Gasteiger partial charge is 0.293 e. The summed E-state index contributed by atoms with van der Waals surface area (Å²) in [7, 11) is 0. The third-order valence-corrected chi connectivity index (χ3v) is 5.73. The van der Waals surface area contributed by atoms with Crippen molar-refractivity contribution in [3.05, 3.63) is 99.4 Å². The Morgan fingerprint density at radius 1 is 1.10 bits per heavy atom. The van der Waals surface area contributed by atoms with Gasteiger partial charge in [0, 0.05) is 16.3 Å². The number of rotatable bonds is 7. The summed E-state index contributed by atoms with van der Waals surface area (Å²) in [6.07, 6.45) is 0.734. The average Bonchev–Trinajstić information content (AvgIpc) is 3.36. The van der Waals surface area contributed by atoms with Crippen LogP contribution in [0.3, 0.4) is 0 Å². The summed E-state index contributed by atoms with van der Waals surface area (Å²) in [5, 5.41) is 4.06. The summed E-state index contributed by atoms with van der Waals surface area (Å²) in [5.74, 6) is 1.19. The van der Waals surface area contributed by atoms with Gasteiger partial charge in [-0.15, -0.1) is 11.3 Å². The number of aromatic nitrogens is 1. The molecule has 1 amide bonds. The lowest BCUT2D eigenvalue weighted by molar-refractivity contribution is 0.0992. The van der Waals surface area contributed by atoms with Crippen molar-refractivity contribution in [2.24, 2.45) is 0 Å². The molecule has 4 aromatic rings. The average molecular weight is 439 g/mol. The van der Waals surface area contributed by atoms with Gasteiger partial charge in [0.2, 0.25) is 0 Å². The molecule has 0 aliphatic heterocycles. The number of anilines is 1. The fourth-order valence-corrected chi connectivity index (χ4v) is 3.96. The summed E-state index contributed by atoms with van der Waals surface area (Å²) < 4.78 is 11.3. The molecule has 1 N–H and O–H groups in total. The van der Waals surface area contributed by atoms with E-state index in [9.17, 15) is 4.79 Å². The number of carbonyl (C=O) groups is 1. The molecule has 0 aliphatic carbocycles. The first-order valence-electron chi connectivity index (χ1n) is 9.35. The zero-order valence-corrected chi connectivity index (χ0v) is 17.8. The summed E-state index contributed by atoms with van der Waals surface area (Å²) in [5.41, 5.74) is 2.03. The highest BCUT2D eigenvalue weighted by molar-refractivity contribution is 7.15. The molecule has 0 fully saturated rings. The first-order chi connectivity index (χ1) is 14.6. The SMILES string of the molecule is Cc1nc(NC(=O)c2ccc(COc3ccccc3)o2)sc1Cc1ccc(Cl)cc1. The molecule has 0 atom stereocenters. The molecule has 2 heterocycles. The Morgan fingerprint density at radius 3 is 2.63 bits per heavy atom. The minimum absolute atomic E-state index is 0.216. The van der Waals surface area contributed by atoms with Crippen molar-refractivity contribution in [3.8, 4) is 5.75 Å². The van der Waals surface area contributed by atoms with E-state index < -0.39 is 0 Å². The number of hydrogen-bond donors (Lipinski definition) is 1. The van der Waals surface area contributed by atoms with Crippen molar-refractivity contribution in [3.63, 3.8) is 0 Å². The molecule has 0 saturated heterocycles. The van der Waals surface area contributed by atoms with Crippen molar-refractivity contribution >= 4 is 34.0 Å². The molecule has 0 saturated carbocycles. The van der Waals surface area contributed by atoms with E-state index >= 15 is 0 Å². The van der Waals surface area contributed by atoms with Crippen LogP contribution in [0.2, 0.25) is 5.02 Å². The van der Waals surface area contributed by atoms with Crippen LogP contribution < -0.4 is 10.1 Å². The normalized spacial score (nSPS) is 10.7. The monoisotopic (exact) mass is 438 g/mol. The van der Waals surface area contributed by atoms with E-state index in [0.29, 0.717) is 15.9 Å². The molecule has 30 heavy (non-hydrogen) atoms. The highest BCUT2D eigenvalue weighted by Crippen LogP contribution is 2.26. The molecule has 5 nitrogen and oxygen atoms in total. The van der Waals surface area contributed by atoms with Crippen molar-refractivity contribution < 1.29 is 13.9 Å². The fraction of sp³-hybridized carbons (Fsp3) is 0.130. The largest absolute Gasteiger partial charge is 0.486 e. The molecular formula is C23H19ClN2O3S. The number of thiazole rings is 1. The van der Waals surface area contributed by atoms with E-state index in [4.69, 9.17) is 20.8 Å². The molecule has 4 rings (SSSR count). The maximum Gasteiger partial charge on any atom is 0.293 e. The van der Waals surface area contributed by atoms with E-state index in [-0.39, 0.29) is 18.3 Å². The lowest BCUT2D eigenvalue weighted by Gasteiger charge is -2.03. The Hall–Kier alpha value is -3.09. The second-order valence-corrected chi connectivity index (χ2v) is 8.17. The molecule has 2 aromatic heterocycles. The number of amides is 1. The highest BCUT2D eigenvalue weighted by atomic mass is 35.5. The molecule has 0 spiro atoms. The summed E-state index contributed by atoms with van der Waals surface area (Å²) in [4.78, 5) is 18.1. The van der Waals surface area contributed by atoms with Gasteiger partial charge in [0.1, 0.15) is 18.1 Å². The predicted octanol–water partition coefficient (Wildman–Crippen LogP) is 6.12. The van der Waals surface area contributed by atoms with E-state index in [1.807, 2.05) is 61.5 Å². The van der Waals surface area contributed by atoms with Crippen LogP contribution in [0, 0.1) is 6.92 Å². The zero-order chi connectivity index (χ0) is 20.9. The van der Waals surface area contributed by atoms with Gasteiger partial charge in [-0.1, -0.05) is 41.9 Å². The van der Waals surface area contributed by atoms with E-state index in [2.05, 4.69) is 10.3 Å². The van der Waals surface area contributed by atoms with Crippen LogP contribution in [0.15, 0.2) is 71.1 Å². The maximum absolute atomic E-state index is 12.5. The topological polar surface area (TPSA) is 64.4 Å². The lowest BCUT2D eigenvalue weighted by atomic mass is 10.1. The van der Waals surface area contributed by atoms with Gasteiger partial charge in [-0.25, -0.2) is 4.98 Å². The number of nitrogens with zero attached hydrogens (tertiary/aromatic N) is 1. The number of nitrogens with one attached hydrogen (secondary N) is 1. The predicted molar refractivity (Wildman–Crippen MR) is 119 cm³/mol. The van der Waals surface area contributed by atoms with Gasteiger partial charge in [-0.3, -0.25) is 10.1 Å². The minimum Gasteiger partial charge on any atom is -0.486 e. The van der Waals surface area contributed by atoms with Crippen molar-refractivity contribution in [1.82, 2.24) is 4.98 Å². The van der Waals surface area contributed by atoms with Crippen molar-refractivity contribution in [2.75, 3.05) is 5.32 Å². The Balaban J connectivity index is 1.37. The first-order valence-corrected chi connectivity index (χ1v) is 10.5. The second kappa shape index (κ2) is 9.15.